The van der Waals surface area contributed by atoms with E-state index < -0.39 is 47.7 Å². The summed E-state index contributed by atoms with van der Waals surface area (Å²) in [6, 6.07) is 11.5. The number of aromatic nitrogens is 1. The first-order chi connectivity index (χ1) is 23.9. The van der Waals surface area contributed by atoms with E-state index in [0.29, 0.717) is 37.3 Å². The molecule has 7 N–H and O–H groups in total. The zero-order chi connectivity index (χ0) is 36.6. The normalized spacial score (nSPS) is 18.4. The number of carboxylic acid groups (broad SMARTS) is 1. The van der Waals surface area contributed by atoms with Crippen LogP contribution in [0, 0.1) is 5.92 Å². The lowest BCUT2D eigenvalue weighted by molar-refractivity contribution is -0.134. The van der Waals surface area contributed by atoms with Crippen molar-refractivity contribution >= 4 is 29.6 Å². The van der Waals surface area contributed by atoms with Gasteiger partial charge in [0.15, 0.2) is 17.2 Å². The molecule has 2 aromatic carbocycles. The summed E-state index contributed by atoms with van der Waals surface area (Å²) < 4.78 is 16.6. The molecular weight excluding hydrogens is 648 g/mol. The van der Waals surface area contributed by atoms with Gasteiger partial charge in [-0.15, -0.1) is 0 Å². The van der Waals surface area contributed by atoms with E-state index in [1.165, 1.54) is 19.4 Å². The number of aliphatic carboxylic acids is 1. The molecule has 0 saturated carbocycles. The lowest BCUT2D eigenvalue weighted by Gasteiger charge is -2.27. The zero-order valence-electron chi connectivity index (χ0n) is 28.7. The number of hydrogen-bond donors (Lipinski definition) is 6. The maximum atomic E-state index is 13.7. The standard InChI is InChI=1S/C33H42N6O7.C2H4O2/c1-20(2)28-32(43)37-24(17-21-9-5-4-6-10-21)33-38-25(19-46-33)30(41)35-15-8-7-11-23(31(42)39-28)36-29(40)22-12-13-26(44-3)27(18-22)45-16-14-34;1-2(3)4/h4-6,9-10,12-13,18-20,23-24,28H,7-8,11,14-17,34H2,1-3H3,(H,35,41)(H,36,40)(H,37,43)(H,39,42);1H3,(H,3,4)/t23-,24+,28-;/m0./s1. The molecular formula is C35H46N6O9. The predicted molar refractivity (Wildman–Crippen MR) is 183 cm³/mol. The summed E-state index contributed by atoms with van der Waals surface area (Å²) in [6.07, 6.45) is 2.89. The van der Waals surface area contributed by atoms with Gasteiger partial charge in [0.05, 0.1) is 7.11 Å². The average Bonchev–Trinajstić information content (AvgIpc) is 3.58. The van der Waals surface area contributed by atoms with E-state index in [9.17, 15) is 19.2 Å². The minimum Gasteiger partial charge on any atom is -0.493 e. The van der Waals surface area contributed by atoms with E-state index in [-0.39, 0.29) is 42.6 Å². The van der Waals surface area contributed by atoms with Crippen LogP contribution in [0.5, 0.6) is 11.5 Å². The van der Waals surface area contributed by atoms with Crippen molar-refractivity contribution in [3.63, 3.8) is 0 Å². The number of carboxylic acids is 1. The lowest BCUT2D eigenvalue weighted by Crippen LogP contribution is -2.56. The molecule has 3 aromatic rings. The number of carbonyl (C=O) groups is 5. The van der Waals surface area contributed by atoms with Crippen LogP contribution >= 0.6 is 0 Å². The van der Waals surface area contributed by atoms with Crippen LogP contribution in [0.15, 0.2) is 59.2 Å². The molecule has 0 aliphatic carbocycles. The highest BCUT2D eigenvalue weighted by atomic mass is 16.5. The Labute approximate surface area is 290 Å². The summed E-state index contributed by atoms with van der Waals surface area (Å²) >= 11 is 0. The first-order valence-corrected chi connectivity index (χ1v) is 16.3. The van der Waals surface area contributed by atoms with Crippen molar-refractivity contribution in [2.75, 3.05) is 26.8 Å². The summed E-state index contributed by atoms with van der Waals surface area (Å²) in [4.78, 5) is 67.0. The highest BCUT2D eigenvalue weighted by molar-refractivity contribution is 5.99. The van der Waals surface area contributed by atoms with Gasteiger partial charge < -0.3 is 46.0 Å². The number of amides is 4. The van der Waals surface area contributed by atoms with E-state index in [4.69, 9.17) is 29.5 Å². The van der Waals surface area contributed by atoms with Gasteiger partial charge in [-0.25, -0.2) is 4.98 Å². The Morgan fingerprint density at radius 1 is 1.06 bits per heavy atom. The summed E-state index contributed by atoms with van der Waals surface area (Å²) in [5.41, 5.74) is 6.83. The molecule has 50 heavy (non-hydrogen) atoms. The SMILES string of the molecule is CC(=O)O.COc1ccc(C(=O)N[C@H]2CCCCNC(=O)c3coc(n3)[C@@H](Cc3ccccc3)NC(=O)[C@H](C(C)C)NC2=O)cc1OCCN. The number of carbonyl (C=O) groups excluding carboxylic acids is 4. The van der Waals surface area contributed by atoms with Crippen molar-refractivity contribution in [1.29, 1.82) is 0 Å². The van der Waals surface area contributed by atoms with E-state index in [1.54, 1.807) is 12.1 Å². The highest BCUT2D eigenvalue weighted by Gasteiger charge is 2.32. The van der Waals surface area contributed by atoms with Crippen molar-refractivity contribution in [3.8, 4) is 11.5 Å². The van der Waals surface area contributed by atoms with Gasteiger partial charge in [0, 0.05) is 32.0 Å². The molecule has 0 fully saturated rings. The second-order valence-electron chi connectivity index (χ2n) is 11.9. The molecule has 4 amide bonds. The number of fused-ring (bicyclic) bond motifs is 2. The van der Waals surface area contributed by atoms with Crippen LogP contribution in [-0.2, 0) is 20.8 Å². The number of nitrogens with one attached hydrogen (secondary N) is 4. The van der Waals surface area contributed by atoms with Gasteiger partial charge in [0.1, 0.15) is 31.0 Å². The van der Waals surface area contributed by atoms with E-state index in [2.05, 4.69) is 26.3 Å². The van der Waals surface area contributed by atoms with Gasteiger partial charge in [-0.1, -0.05) is 44.2 Å². The van der Waals surface area contributed by atoms with Crippen LogP contribution in [0.3, 0.4) is 0 Å². The third-order valence-corrected chi connectivity index (χ3v) is 7.53. The van der Waals surface area contributed by atoms with Crippen LogP contribution in [0.2, 0.25) is 0 Å². The second-order valence-corrected chi connectivity index (χ2v) is 11.9. The van der Waals surface area contributed by atoms with Crippen LogP contribution in [-0.4, -0.2) is 78.6 Å². The summed E-state index contributed by atoms with van der Waals surface area (Å²) in [5, 5.41) is 18.9. The van der Waals surface area contributed by atoms with Gasteiger partial charge >= 0.3 is 0 Å². The van der Waals surface area contributed by atoms with Crippen LogP contribution in [0.4, 0.5) is 0 Å². The molecule has 0 unspecified atom stereocenters. The number of oxazole rings is 1. The van der Waals surface area contributed by atoms with Crippen molar-refractivity contribution in [1.82, 2.24) is 26.3 Å². The third kappa shape index (κ3) is 11.9. The molecule has 2 bridgehead atoms. The summed E-state index contributed by atoms with van der Waals surface area (Å²) in [7, 11) is 1.49. The summed E-state index contributed by atoms with van der Waals surface area (Å²) in [6.45, 7) is 5.54. The Hall–Kier alpha value is -5.44. The molecule has 1 aliphatic heterocycles. The topological polar surface area (TPSA) is 224 Å². The number of nitrogens with zero attached hydrogens (tertiary/aromatic N) is 1. The van der Waals surface area contributed by atoms with Gasteiger partial charge in [0.25, 0.3) is 17.8 Å². The lowest BCUT2D eigenvalue weighted by atomic mass is 10.00. The molecule has 0 spiro atoms. The smallest absolute Gasteiger partial charge is 0.300 e. The Bertz CT molecular complexity index is 1590. The monoisotopic (exact) mass is 694 g/mol. The third-order valence-electron chi connectivity index (χ3n) is 7.53. The van der Waals surface area contributed by atoms with E-state index in [0.717, 1.165) is 12.5 Å². The number of methoxy groups -OCH3 is 1. The molecule has 0 saturated heterocycles. The van der Waals surface area contributed by atoms with E-state index in [1.807, 2.05) is 44.2 Å². The fourth-order valence-electron chi connectivity index (χ4n) is 5.03. The highest BCUT2D eigenvalue weighted by Crippen LogP contribution is 2.28. The molecule has 15 heteroatoms. The van der Waals surface area contributed by atoms with Gasteiger partial charge in [0.2, 0.25) is 17.7 Å². The van der Waals surface area contributed by atoms with E-state index >= 15 is 0 Å². The largest absolute Gasteiger partial charge is 0.493 e. The fraction of sp³-hybridized carbons (Fsp3) is 0.429. The number of rotatable bonds is 9. The number of nitrogens with two attached hydrogens (primary N) is 1. The quantitative estimate of drug-likeness (QED) is 0.191. The van der Waals surface area contributed by atoms with Crippen molar-refractivity contribution < 1.29 is 43.0 Å². The van der Waals surface area contributed by atoms with Crippen LogP contribution < -0.4 is 36.5 Å². The van der Waals surface area contributed by atoms with Crippen molar-refractivity contribution in [2.45, 2.75) is 64.6 Å². The Morgan fingerprint density at radius 2 is 1.78 bits per heavy atom. The number of ether oxygens (including phenoxy) is 2. The molecule has 1 aromatic heterocycles. The predicted octanol–water partition coefficient (Wildman–Crippen LogP) is 2.36. The molecule has 2 heterocycles. The average molecular weight is 695 g/mol. The molecule has 4 rings (SSSR count). The number of hydrogen-bond acceptors (Lipinski definition) is 10. The fourth-order valence-corrected chi connectivity index (χ4v) is 5.03. The minimum atomic E-state index is -0.965. The molecule has 0 radical (unpaired) electrons. The van der Waals surface area contributed by atoms with Crippen LogP contribution in [0.25, 0.3) is 0 Å². The molecule has 270 valence electrons. The van der Waals surface area contributed by atoms with Gasteiger partial charge in [-0.05, 0) is 48.9 Å². The maximum Gasteiger partial charge on any atom is 0.300 e. The van der Waals surface area contributed by atoms with Crippen LogP contribution in [0.1, 0.15) is 78.4 Å². The zero-order valence-corrected chi connectivity index (χ0v) is 28.7. The van der Waals surface area contributed by atoms with Gasteiger partial charge in [-0.3, -0.25) is 24.0 Å². The molecule has 3 atom stereocenters. The molecule has 15 nitrogen and oxygen atoms in total. The minimum absolute atomic E-state index is 0.0996. The Kier molecular flexibility index (Phi) is 15.2. The Morgan fingerprint density at radius 3 is 2.44 bits per heavy atom. The van der Waals surface area contributed by atoms with Crippen molar-refractivity contribution in [3.05, 3.63) is 77.5 Å². The first kappa shape index (κ1) is 39.0. The molecule has 1 aliphatic rings. The number of benzene rings is 2. The first-order valence-electron chi connectivity index (χ1n) is 16.3. The maximum absolute atomic E-state index is 13.7. The Balaban J connectivity index is 0.00000160. The van der Waals surface area contributed by atoms with Crippen molar-refractivity contribution in [2.24, 2.45) is 11.7 Å². The summed E-state index contributed by atoms with van der Waals surface area (Å²) in [5.74, 6) is -2.07. The second kappa shape index (κ2) is 19.5. The van der Waals surface area contributed by atoms with Gasteiger partial charge in [-0.2, -0.15) is 0 Å².